The van der Waals surface area contributed by atoms with Crippen LogP contribution >= 0.6 is 34.8 Å². The Hall–Kier alpha value is -0.970. The van der Waals surface area contributed by atoms with Crippen molar-refractivity contribution in [1.29, 1.82) is 0 Å². The molecule has 134 valence electrons. The molecule has 0 unspecified atom stereocenters. The van der Waals surface area contributed by atoms with Crippen LogP contribution in [-0.2, 0) is 4.74 Å². The van der Waals surface area contributed by atoms with Gasteiger partial charge in [-0.2, -0.15) is 0 Å². The topological polar surface area (TPSA) is 15.7 Å². The second-order valence-corrected chi connectivity index (χ2v) is 7.64. The molecule has 0 radical (unpaired) electrons. The second-order valence-electron chi connectivity index (χ2n) is 6.36. The van der Waals surface area contributed by atoms with Gasteiger partial charge in [0.05, 0.1) is 18.7 Å². The lowest BCUT2D eigenvalue weighted by atomic mass is 9.98. The molecule has 0 saturated carbocycles. The van der Waals surface area contributed by atoms with E-state index in [1.165, 1.54) is 0 Å². The molecular weight excluding hydrogens is 379 g/mol. The van der Waals surface area contributed by atoms with Crippen LogP contribution in [0.4, 0.5) is 5.69 Å². The van der Waals surface area contributed by atoms with Crippen molar-refractivity contribution in [3.63, 3.8) is 0 Å². The van der Waals surface area contributed by atoms with E-state index < -0.39 is 0 Å². The van der Waals surface area contributed by atoms with Gasteiger partial charge < -0.3 is 9.64 Å². The van der Waals surface area contributed by atoms with Crippen molar-refractivity contribution in [2.24, 2.45) is 0 Å². The quantitative estimate of drug-likeness (QED) is 0.706. The summed E-state index contributed by atoms with van der Waals surface area (Å²) in [6.45, 7) is 2.37. The molecule has 0 spiro atoms. The summed E-state index contributed by atoms with van der Waals surface area (Å²) in [6.07, 6.45) is 0. The monoisotopic (exact) mass is 398 g/mol. The highest BCUT2D eigenvalue weighted by molar-refractivity contribution is 6.35. The van der Waals surface area contributed by atoms with Gasteiger partial charge in [-0.1, -0.05) is 40.9 Å². The van der Waals surface area contributed by atoms with Crippen molar-refractivity contribution in [2.75, 3.05) is 38.8 Å². The maximum Gasteiger partial charge on any atom is 0.0684 e. The predicted octanol–water partition coefficient (Wildman–Crippen LogP) is 5.15. The normalized spacial score (nSPS) is 21.6. The summed E-state index contributed by atoms with van der Waals surface area (Å²) in [5.41, 5.74) is 2.19. The molecule has 6 heteroatoms. The molecule has 3 nitrogen and oxygen atoms in total. The van der Waals surface area contributed by atoms with Crippen LogP contribution in [0, 0.1) is 0 Å². The highest BCUT2D eigenvalue weighted by Gasteiger charge is 2.34. The smallest absolute Gasteiger partial charge is 0.0684 e. The fourth-order valence-corrected chi connectivity index (χ4v) is 4.00. The van der Waals surface area contributed by atoms with Gasteiger partial charge in [-0.15, -0.1) is 0 Å². The lowest BCUT2D eigenvalue weighted by Crippen LogP contribution is -2.54. The van der Waals surface area contributed by atoms with Gasteiger partial charge in [0, 0.05) is 41.0 Å². The third kappa shape index (κ3) is 4.24. The van der Waals surface area contributed by atoms with Crippen LogP contribution < -0.4 is 4.90 Å². The number of benzene rings is 2. The number of likely N-dealkylation sites (N-methyl/N-ethyl adjacent to an activating group) is 1. The average molecular weight is 400 g/mol. The number of anilines is 1. The molecule has 2 aromatic rings. The maximum absolute atomic E-state index is 6.51. The number of nitrogens with zero attached hydrogens (tertiary/aromatic N) is 2. The molecular formula is C19H21Cl3N2O. The minimum Gasteiger partial charge on any atom is -0.383 e. The van der Waals surface area contributed by atoms with Crippen molar-refractivity contribution in [3.8, 4) is 0 Å². The number of methoxy groups -OCH3 is 1. The minimum atomic E-state index is 0.129. The van der Waals surface area contributed by atoms with Gasteiger partial charge in [-0.05, 0) is 49.0 Å². The van der Waals surface area contributed by atoms with E-state index in [0.29, 0.717) is 22.7 Å². The first-order chi connectivity index (χ1) is 12.0. The highest BCUT2D eigenvalue weighted by Crippen LogP contribution is 2.36. The molecule has 0 aliphatic carbocycles. The van der Waals surface area contributed by atoms with Crippen LogP contribution in [0.5, 0.6) is 0 Å². The van der Waals surface area contributed by atoms with Gasteiger partial charge >= 0.3 is 0 Å². The summed E-state index contributed by atoms with van der Waals surface area (Å²) in [7, 11) is 3.86. The Kier molecular flexibility index (Phi) is 6.13. The number of halogens is 3. The third-order valence-electron chi connectivity index (χ3n) is 4.71. The number of ether oxygens (including phenoxy) is 1. The average Bonchev–Trinajstić information content (AvgIpc) is 2.58. The standard InChI is InChI=1S/C19H21Cl3N2O/c1-23-11-19(17-8-5-14(21)9-18(17)22)24(10-16(23)12-25-2)15-6-3-13(20)4-7-15/h3-9,16,19H,10-12H2,1-2H3/t16-,19-/m1/s1. The molecule has 1 aliphatic rings. The van der Waals surface area contributed by atoms with Crippen LogP contribution in [0.3, 0.4) is 0 Å². The van der Waals surface area contributed by atoms with Crippen LogP contribution in [0.25, 0.3) is 0 Å². The molecule has 1 fully saturated rings. The maximum atomic E-state index is 6.51. The molecule has 25 heavy (non-hydrogen) atoms. The second kappa shape index (κ2) is 8.15. The summed E-state index contributed by atoms with van der Waals surface area (Å²) in [5.74, 6) is 0. The summed E-state index contributed by atoms with van der Waals surface area (Å²) >= 11 is 18.7. The Morgan fingerprint density at radius 2 is 1.68 bits per heavy atom. The number of rotatable bonds is 4. The van der Waals surface area contributed by atoms with Crippen LogP contribution in [0.1, 0.15) is 11.6 Å². The molecule has 2 atom stereocenters. The molecule has 1 saturated heterocycles. The zero-order valence-corrected chi connectivity index (χ0v) is 16.5. The van der Waals surface area contributed by atoms with Gasteiger partial charge in [0.2, 0.25) is 0 Å². The summed E-state index contributed by atoms with van der Waals surface area (Å²) in [5, 5.41) is 2.07. The Bertz CT molecular complexity index is 723. The molecule has 0 N–H and O–H groups in total. The van der Waals surface area contributed by atoms with Gasteiger partial charge in [0.1, 0.15) is 0 Å². The fraction of sp³-hybridized carbons (Fsp3) is 0.368. The molecule has 1 aliphatic heterocycles. The zero-order chi connectivity index (χ0) is 18.0. The molecule has 0 amide bonds. The lowest BCUT2D eigenvalue weighted by molar-refractivity contribution is 0.0873. The van der Waals surface area contributed by atoms with Crippen molar-refractivity contribution in [1.82, 2.24) is 4.90 Å². The zero-order valence-electron chi connectivity index (χ0n) is 14.3. The molecule has 1 heterocycles. The van der Waals surface area contributed by atoms with Crippen molar-refractivity contribution in [3.05, 3.63) is 63.1 Å². The van der Waals surface area contributed by atoms with Gasteiger partial charge in [-0.3, -0.25) is 4.90 Å². The minimum absolute atomic E-state index is 0.129. The molecule has 0 aromatic heterocycles. The van der Waals surface area contributed by atoms with Crippen molar-refractivity contribution in [2.45, 2.75) is 12.1 Å². The van der Waals surface area contributed by atoms with E-state index >= 15 is 0 Å². The van der Waals surface area contributed by atoms with E-state index in [4.69, 9.17) is 39.5 Å². The van der Waals surface area contributed by atoms with E-state index in [9.17, 15) is 0 Å². The van der Waals surface area contributed by atoms with E-state index in [-0.39, 0.29) is 6.04 Å². The highest BCUT2D eigenvalue weighted by atomic mass is 35.5. The van der Waals surface area contributed by atoms with E-state index in [0.717, 1.165) is 29.4 Å². The molecule has 2 aromatic carbocycles. The summed E-state index contributed by atoms with van der Waals surface area (Å²) in [6, 6.07) is 14.1. The van der Waals surface area contributed by atoms with E-state index in [2.05, 4.69) is 16.8 Å². The van der Waals surface area contributed by atoms with Crippen molar-refractivity contribution >= 4 is 40.5 Å². The summed E-state index contributed by atoms with van der Waals surface area (Å²) in [4.78, 5) is 4.70. The fourth-order valence-electron chi connectivity index (χ4n) is 3.34. The predicted molar refractivity (Wildman–Crippen MR) is 106 cm³/mol. The van der Waals surface area contributed by atoms with Crippen LogP contribution in [0.2, 0.25) is 15.1 Å². The van der Waals surface area contributed by atoms with Gasteiger partial charge in [0.15, 0.2) is 0 Å². The first-order valence-electron chi connectivity index (χ1n) is 8.16. The summed E-state index contributed by atoms with van der Waals surface area (Å²) < 4.78 is 5.40. The Labute approximate surface area is 164 Å². The van der Waals surface area contributed by atoms with Crippen molar-refractivity contribution < 1.29 is 4.74 Å². The number of hydrogen-bond acceptors (Lipinski definition) is 3. The first-order valence-corrected chi connectivity index (χ1v) is 9.29. The molecule has 3 rings (SSSR count). The Balaban J connectivity index is 1.98. The number of hydrogen-bond donors (Lipinski definition) is 0. The SMILES string of the molecule is COC[C@H]1CN(c2ccc(Cl)cc2)[C@@H](c2ccc(Cl)cc2Cl)CN1C. The van der Waals surface area contributed by atoms with E-state index in [1.807, 2.05) is 36.4 Å². The Morgan fingerprint density at radius 3 is 2.32 bits per heavy atom. The molecule has 0 bridgehead atoms. The van der Waals surface area contributed by atoms with Crippen LogP contribution in [-0.4, -0.2) is 44.8 Å². The third-order valence-corrected chi connectivity index (χ3v) is 5.52. The van der Waals surface area contributed by atoms with Gasteiger partial charge in [-0.25, -0.2) is 0 Å². The number of piperazine rings is 1. The first kappa shape index (κ1) is 18.8. The van der Waals surface area contributed by atoms with Gasteiger partial charge in [0.25, 0.3) is 0 Å². The lowest BCUT2D eigenvalue weighted by Gasteiger charge is -2.46. The van der Waals surface area contributed by atoms with E-state index in [1.54, 1.807) is 13.2 Å². The largest absolute Gasteiger partial charge is 0.383 e. The van der Waals surface area contributed by atoms with Crippen LogP contribution in [0.15, 0.2) is 42.5 Å². The Morgan fingerprint density at radius 1 is 1.00 bits per heavy atom.